The van der Waals surface area contributed by atoms with Crippen LogP contribution < -0.4 is 15.4 Å². The number of halogens is 3. The highest BCUT2D eigenvalue weighted by Crippen LogP contribution is 2.30. The lowest BCUT2D eigenvalue weighted by Crippen LogP contribution is -2.32. The second-order valence-corrected chi connectivity index (χ2v) is 5.93. The van der Waals surface area contributed by atoms with Gasteiger partial charge in [-0.1, -0.05) is 6.07 Å². The minimum atomic E-state index is -4.55. The summed E-state index contributed by atoms with van der Waals surface area (Å²) in [7, 11) is 0. The van der Waals surface area contributed by atoms with Gasteiger partial charge in [0.25, 0.3) is 11.8 Å². The third-order valence-electron chi connectivity index (χ3n) is 3.66. The molecule has 7 nitrogen and oxygen atoms in total. The number of esters is 1. The molecule has 2 aromatic rings. The Balaban J connectivity index is 1.76. The zero-order chi connectivity index (χ0) is 22.1. The Bertz CT molecular complexity index is 898. The van der Waals surface area contributed by atoms with E-state index in [1.165, 1.54) is 18.2 Å². The fraction of sp³-hybridized carbons (Fsp3) is 0.250. The maximum Gasteiger partial charge on any atom is 0.416 e. The third-order valence-corrected chi connectivity index (χ3v) is 3.66. The molecule has 0 heterocycles. The van der Waals surface area contributed by atoms with Crippen LogP contribution in [0.15, 0.2) is 48.5 Å². The number of alkyl halides is 3. The third kappa shape index (κ3) is 7.12. The average molecular weight is 424 g/mol. The molecule has 2 rings (SSSR count). The van der Waals surface area contributed by atoms with Crippen molar-refractivity contribution in [3.05, 3.63) is 59.7 Å². The first kappa shape index (κ1) is 22.7. The van der Waals surface area contributed by atoms with Crippen LogP contribution in [0.2, 0.25) is 0 Å². The van der Waals surface area contributed by atoms with Crippen LogP contribution in [0.5, 0.6) is 5.75 Å². The summed E-state index contributed by atoms with van der Waals surface area (Å²) in [6.07, 6.45) is -4.55. The number of ether oxygens (including phenoxy) is 2. The second-order valence-electron chi connectivity index (χ2n) is 5.93. The monoisotopic (exact) mass is 424 g/mol. The number of rotatable bonds is 8. The van der Waals surface area contributed by atoms with Gasteiger partial charge >= 0.3 is 12.1 Å². The van der Waals surface area contributed by atoms with Gasteiger partial charge in [-0.2, -0.15) is 13.2 Å². The van der Waals surface area contributed by atoms with E-state index in [1.54, 1.807) is 12.1 Å². The number of carbonyl (C=O) groups excluding carboxylic acids is 3. The molecule has 0 aliphatic rings. The van der Waals surface area contributed by atoms with Crippen LogP contribution in [0.25, 0.3) is 0 Å². The Morgan fingerprint density at radius 2 is 1.73 bits per heavy atom. The van der Waals surface area contributed by atoms with Crippen molar-refractivity contribution in [2.24, 2.45) is 0 Å². The lowest BCUT2D eigenvalue weighted by molar-refractivity contribution is -0.146. The van der Waals surface area contributed by atoms with Gasteiger partial charge in [0.1, 0.15) is 12.3 Å². The first-order valence-corrected chi connectivity index (χ1v) is 8.83. The van der Waals surface area contributed by atoms with Gasteiger partial charge in [-0.05, 0) is 49.4 Å². The van der Waals surface area contributed by atoms with Gasteiger partial charge in [-0.3, -0.25) is 14.4 Å². The molecular formula is C20H19F3N2O5. The first-order valence-electron chi connectivity index (χ1n) is 8.83. The van der Waals surface area contributed by atoms with E-state index in [2.05, 4.69) is 10.6 Å². The van der Waals surface area contributed by atoms with Gasteiger partial charge in [0, 0.05) is 11.3 Å². The van der Waals surface area contributed by atoms with Gasteiger partial charge in [0.2, 0.25) is 0 Å². The van der Waals surface area contributed by atoms with Crippen LogP contribution in [-0.4, -0.2) is 37.5 Å². The zero-order valence-electron chi connectivity index (χ0n) is 15.9. The molecule has 10 heteroatoms. The van der Waals surface area contributed by atoms with Crippen molar-refractivity contribution < 1.29 is 37.0 Å². The molecule has 0 fully saturated rings. The van der Waals surface area contributed by atoms with Gasteiger partial charge in [0.15, 0.2) is 6.61 Å². The van der Waals surface area contributed by atoms with Crippen LogP contribution in [0, 0.1) is 0 Å². The van der Waals surface area contributed by atoms with Crippen LogP contribution in [-0.2, 0) is 20.5 Å². The van der Waals surface area contributed by atoms with Crippen molar-refractivity contribution in [3.63, 3.8) is 0 Å². The summed E-state index contributed by atoms with van der Waals surface area (Å²) in [5.41, 5.74) is -0.711. The second kappa shape index (κ2) is 10.3. The molecule has 0 aliphatic heterocycles. The van der Waals surface area contributed by atoms with E-state index in [-0.39, 0.29) is 5.69 Å². The Morgan fingerprint density at radius 1 is 1.03 bits per heavy atom. The van der Waals surface area contributed by atoms with E-state index in [0.29, 0.717) is 17.9 Å². The molecule has 0 radical (unpaired) electrons. The topological polar surface area (TPSA) is 93.7 Å². The number of hydrogen-bond donors (Lipinski definition) is 2. The maximum absolute atomic E-state index is 12.7. The van der Waals surface area contributed by atoms with E-state index in [1.807, 2.05) is 6.92 Å². The summed E-state index contributed by atoms with van der Waals surface area (Å²) in [5.74, 6) is -1.63. The standard InChI is InChI=1S/C20H19F3N2O5/c1-2-29-16-8-6-13(7-9-16)19(28)24-11-18(27)30-12-17(26)25-15-5-3-4-14(10-15)20(21,22)23/h3-10H,2,11-12H2,1H3,(H,24,28)(H,25,26). The highest BCUT2D eigenvalue weighted by atomic mass is 19.4. The van der Waals surface area contributed by atoms with E-state index < -0.39 is 42.7 Å². The molecule has 0 saturated carbocycles. The van der Waals surface area contributed by atoms with Crippen LogP contribution in [0.4, 0.5) is 18.9 Å². The summed E-state index contributed by atoms with van der Waals surface area (Å²) < 4.78 is 48.0. The van der Waals surface area contributed by atoms with Crippen molar-refractivity contribution in [2.45, 2.75) is 13.1 Å². The minimum Gasteiger partial charge on any atom is -0.494 e. The van der Waals surface area contributed by atoms with Crippen molar-refractivity contribution in [2.75, 3.05) is 25.1 Å². The summed E-state index contributed by atoms with van der Waals surface area (Å²) in [4.78, 5) is 35.4. The average Bonchev–Trinajstić information content (AvgIpc) is 2.71. The molecule has 2 aromatic carbocycles. The molecule has 0 spiro atoms. The van der Waals surface area contributed by atoms with E-state index in [0.717, 1.165) is 18.2 Å². The fourth-order valence-corrected chi connectivity index (χ4v) is 2.29. The highest BCUT2D eigenvalue weighted by molar-refractivity contribution is 5.96. The van der Waals surface area contributed by atoms with Crippen LogP contribution >= 0.6 is 0 Å². The Kier molecular flexibility index (Phi) is 7.79. The van der Waals surface area contributed by atoms with Crippen molar-refractivity contribution in [3.8, 4) is 5.75 Å². The summed E-state index contributed by atoms with van der Waals surface area (Å²) in [6, 6.07) is 10.3. The highest BCUT2D eigenvalue weighted by Gasteiger charge is 2.30. The number of benzene rings is 2. The molecular weight excluding hydrogens is 405 g/mol. The number of nitrogens with one attached hydrogen (secondary N) is 2. The summed E-state index contributed by atoms with van der Waals surface area (Å²) in [6.45, 7) is 1.11. The number of amides is 2. The van der Waals surface area contributed by atoms with Gasteiger partial charge in [0.05, 0.1) is 12.2 Å². The van der Waals surface area contributed by atoms with Crippen molar-refractivity contribution in [1.82, 2.24) is 5.32 Å². The molecule has 0 saturated heterocycles. The predicted octanol–water partition coefficient (Wildman–Crippen LogP) is 3.02. The molecule has 160 valence electrons. The summed E-state index contributed by atoms with van der Waals surface area (Å²) in [5, 5.41) is 4.54. The largest absolute Gasteiger partial charge is 0.494 e. The fourth-order valence-electron chi connectivity index (χ4n) is 2.29. The molecule has 0 aromatic heterocycles. The predicted molar refractivity (Wildman–Crippen MR) is 101 cm³/mol. The van der Waals surface area contributed by atoms with Crippen LogP contribution in [0.1, 0.15) is 22.8 Å². The quantitative estimate of drug-likeness (QED) is 0.636. The normalized spacial score (nSPS) is 10.8. The van der Waals surface area contributed by atoms with Gasteiger partial charge in [-0.15, -0.1) is 0 Å². The van der Waals surface area contributed by atoms with E-state index >= 15 is 0 Å². The SMILES string of the molecule is CCOc1ccc(C(=O)NCC(=O)OCC(=O)Nc2cccc(C(F)(F)F)c2)cc1. The Labute approximate surface area is 170 Å². The minimum absolute atomic E-state index is 0.0883. The van der Waals surface area contributed by atoms with E-state index in [4.69, 9.17) is 9.47 Å². The summed E-state index contributed by atoms with van der Waals surface area (Å²) >= 11 is 0. The first-order chi connectivity index (χ1) is 14.2. The number of carbonyl (C=O) groups is 3. The molecule has 0 atom stereocenters. The molecule has 30 heavy (non-hydrogen) atoms. The molecule has 0 bridgehead atoms. The van der Waals surface area contributed by atoms with Gasteiger partial charge < -0.3 is 20.1 Å². The Hall–Kier alpha value is -3.56. The molecule has 0 aliphatic carbocycles. The molecule has 0 unspecified atom stereocenters. The zero-order valence-corrected chi connectivity index (χ0v) is 15.9. The smallest absolute Gasteiger partial charge is 0.416 e. The Morgan fingerprint density at radius 3 is 2.37 bits per heavy atom. The lowest BCUT2D eigenvalue weighted by Gasteiger charge is -2.10. The maximum atomic E-state index is 12.7. The molecule has 2 amide bonds. The lowest BCUT2D eigenvalue weighted by atomic mass is 10.2. The number of anilines is 1. The molecule has 2 N–H and O–H groups in total. The van der Waals surface area contributed by atoms with Crippen molar-refractivity contribution in [1.29, 1.82) is 0 Å². The van der Waals surface area contributed by atoms with E-state index in [9.17, 15) is 27.6 Å². The van der Waals surface area contributed by atoms with Gasteiger partial charge in [-0.25, -0.2) is 0 Å². The number of hydrogen-bond acceptors (Lipinski definition) is 5. The van der Waals surface area contributed by atoms with Crippen molar-refractivity contribution >= 4 is 23.5 Å². The van der Waals surface area contributed by atoms with Crippen LogP contribution in [0.3, 0.4) is 0 Å².